The van der Waals surface area contributed by atoms with Gasteiger partial charge in [-0.2, -0.15) is 0 Å². The summed E-state index contributed by atoms with van der Waals surface area (Å²) in [6.45, 7) is 8.70. The number of ether oxygens (including phenoxy) is 2. The average Bonchev–Trinajstić information content (AvgIpc) is 3.03. The minimum Gasteiger partial charge on any atom is -0.497 e. The second-order valence-corrected chi connectivity index (χ2v) is 10.4. The average molecular weight is 559 g/mol. The number of piperazine rings is 1. The van der Waals surface area contributed by atoms with Gasteiger partial charge in [-0.15, -0.1) is 10.2 Å². The minimum absolute atomic E-state index is 0.0342. The molecule has 0 aliphatic carbocycles. The molecule has 216 valence electrons. The maximum atomic E-state index is 13.5. The van der Waals surface area contributed by atoms with Crippen LogP contribution in [-0.2, 0) is 9.53 Å². The molecule has 2 saturated heterocycles. The Hall–Kier alpha value is -4.02. The molecular weight excluding hydrogens is 520 g/mol. The van der Waals surface area contributed by atoms with Crippen LogP contribution in [0.3, 0.4) is 0 Å². The number of amides is 2. The number of rotatable bonds is 9. The largest absolute Gasteiger partial charge is 0.497 e. The van der Waals surface area contributed by atoms with Gasteiger partial charge in [0.2, 0.25) is 5.91 Å². The Labute approximate surface area is 241 Å². The fourth-order valence-corrected chi connectivity index (χ4v) is 5.20. The Morgan fingerprint density at radius 3 is 2.41 bits per heavy atom. The molecule has 5 rings (SSSR count). The van der Waals surface area contributed by atoms with Crippen LogP contribution in [0.1, 0.15) is 15.9 Å². The first-order chi connectivity index (χ1) is 20.0. The first-order valence-corrected chi connectivity index (χ1v) is 14.2. The Morgan fingerprint density at radius 2 is 1.71 bits per heavy atom. The SMILES string of the molecule is COc1cccc(-c2ccc(N3CCN(C(=O)CN(CCN4CCOCC4)C(=O)c4ccccc4C)CC3)nn2)c1. The lowest BCUT2D eigenvalue weighted by atomic mass is 10.1. The number of hydrogen-bond donors (Lipinski definition) is 0. The molecule has 10 nitrogen and oxygen atoms in total. The van der Waals surface area contributed by atoms with Crippen LogP contribution in [0, 0.1) is 6.92 Å². The molecule has 2 fully saturated rings. The van der Waals surface area contributed by atoms with E-state index in [0.29, 0.717) is 58.0 Å². The van der Waals surface area contributed by atoms with Crippen molar-refractivity contribution in [2.45, 2.75) is 6.92 Å². The number of carbonyl (C=O) groups excluding carboxylic acids is 2. The van der Waals surface area contributed by atoms with Crippen molar-refractivity contribution in [1.29, 1.82) is 0 Å². The first-order valence-electron chi connectivity index (χ1n) is 14.2. The number of benzene rings is 2. The first kappa shape index (κ1) is 28.5. The van der Waals surface area contributed by atoms with Crippen LogP contribution in [0.25, 0.3) is 11.3 Å². The van der Waals surface area contributed by atoms with E-state index in [9.17, 15) is 9.59 Å². The number of nitrogens with zero attached hydrogens (tertiary/aromatic N) is 6. The highest BCUT2D eigenvalue weighted by Gasteiger charge is 2.27. The van der Waals surface area contributed by atoms with E-state index in [2.05, 4.69) is 20.0 Å². The topological polar surface area (TPSA) is 91.3 Å². The summed E-state index contributed by atoms with van der Waals surface area (Å²) < 4.78 is 10.8. The van der Waals surface area contributed by atoms with E-state index in [4.69, 9.17) is 9.47 Å². The van der Waals surface area contributed by atoms with Crippen LogP contribution in [0.15, 0.2) is 60.7 Å². The quantitative estimate of drug-likeness (QED) is 0.396. The molecule has 0 N–H and O–H groups in total. The predicted molar refractivity (Wildman–Crippen MR) is 157 cm³/mol. The van der Waals surface area contributed by atoms with E-state index in [1.807, 2.05) is 72.5 Å². The number of morpholine rings is 1. The monoisotopic (exact) mass is 558 g/mol. The maximum absolute atomic E-state index is 13.5. The van der Waals surface area contributed by atoms with Crippen molar-refractivity contribution in [3.63, 3.8) is 0 Å². The van der Waals surface area contributed by atoms with Gasteiger partial charge in [-0.25, -0.2) is 0 Å². The molecule has 0 saturated carbocycles. The summed E-state index contributed by atoms with van der Waals surface area (Å²) in [4.78, 5) is 34.9. The number of aromatic nitrogens is 2. The second-order valence-electron chi connectivity index (χ2n) is 10.4. The van der Waals surface area contributed by atoms with Crippen molar-refractivity contribution in [1.82, 2.24) is 24.9 Å². The summed E-state index contributed by atoms with van der Waals surface area (Å²) in [6.07, 6.45) is 0. The summed E-state index contributed by atoms with van der Waals surface area (Å²) in [7, 11) is 1.64. The molecule has 1 aromatic heterocycles. The fraction of sp³-hybridized carbons (Fsp3) is 0.419. The lowest BCUT2D eigenvalue weighted by molar-refractivity contribution is -0.132. The van der Waals surface area contributed by atoms with E-state index >= 15 is 0 Å². The van der Waals surface area contributed by atoms with Gasteiger partial charge >= 0.3 is 0 Å². The van der Waals surface area contributed by atoms with Gasteiger partial charge in [-0.1, -0.05) is 30.3 Å². The Bertz CT molecular complexity index is 1320. The van der Waals surface area contributed by atoms with E-state index in [-0.39, 0.29) is 18.4 Å². The molecule has 2 amide bonds. The summed E-state index contributed by atoms with van der Waals surface area (Å²) in [5, 5.41) is 8.88. The third-order valence-corrected chi connectivity index (χ3v) is 7.75. The third-order valence-electron chi connectivity index (χ3n) is 7.75. The lowest BCUT2D eigenvalue weighted by Gasteiger charge is -2.36. The van der Waals surface area contributed by atoms with E-state index in [1.54, 1.807) is 12.0 Å². The summed E-state index contributed by atoms with van der Waals surface area (Å²) in [5.41, 5.74) is 3.27. The predicted octanol–water partition coefficient (Wildman–Crippen LogP) is 2.58. The van der Waals surface area contributed by atoms with Crippen LogP contribution in [0.4, 0.5) is 5.82 Å². The Balaban J connectivity index is 1.19. The zero-order valence-corrected chi connectivity index (χ0v) is 23.9. The second kappa shape index (κ2) is 13.6. The Kier molecular flexibility index (Phi) is 9.43. The number of aryl methyl sites for hydroxylation is 1. The molecule has 2 aliphatic rings. The van der Waals surface area contributed by atoms with Gasteiger partial charge < -0.3 is 24.2 Å². The fourth-order valence-electron chi connectivity index (χ4n) is 5.20. The van der Waals surface area contributed by atoms with Crippen LogP contribution in [0.2, 0.25) is 0 Å². The zero-order valence-electron chi connectivity index (χ0n) is 23.9. The highest BCUT2D eigenvalue weighted by molar-refractivity contribution is 5.97. The zero-order chi connectivity index (χ0) is 28.6. The van der Waals surface area contributed by atoms with Crippen molar-refractivity contribution >= 4 is 17.6 Å². The number of carbonyl (C=O) groups is 2. The highest BCUT2D eigenvalue weighted by atomic mass is 16.5. The lowest BCUT2D eigenvalue weighted by Crippen LogP contribution is -2.53. The molecule has 2 aromatic carbocycles. The smallest absolute Gasteiger partial charge is 0.254 e. The van der Waals surface area contributed by atoms with Crippen LogP contribution >= 0.6 is 0 Å². The third kappa shape index (κ3) is 7.20. The minimum atomic E-state index is -0.102. The molecule has 2 aliphatic heterocycles. The van der Waals surface area contributed by atoms with E-state index in [1.165, 1.54) is 0 Å². The van der Waals surface area contributed by atoms with Crippen LogP contribution < -0.4 is 9.64 Å². The van der Waals surface area contributed by atoms with Gasteiger partial charge in [-0.05, 0) is 42.8 Å². The van der Waals surface area contributed by atoms with Gasteiger partial charge in [0.15, 0.2) is 5.82 Å². The molecule has 41 heavy (non-hydrogen) atoms. The van der Waals surface area contributed by atoms with Gasteiger partial charge in [0.05, 0.1) is 26.0 Å². The molecule has 0 bridgehead atoms. The molecule has 0 unspecified atom stereocenters. The molecule has 0 atom stereocenters. The highest BCUT2D eigenvalue weighted by Crippen LogP contribution is 2.23. The number of methoxy groups -OCH3 is 1. The number of hydrogen-bond acceptors (Lipinski definition) is 8. The molecule has 0 spiro atoms. The summed E-state index contributed by atoms with van der Waals surface area (Å²) >= 11 is 0. The summed E-state index contributed by atoms with van der Waals surface area (Å²) in [5.74, 6) is 1.42. The summed E-state index contributed by atoms with van der Waals surface area (Å²) in [6, 6.07) is 19.2. The van der Waals surface area contributed by atoms with Gasteiger partial charge in [0, 0.05) is 63.5 Å². The van der Waals surface area contributed by atoms with Gasteiger partial charge in [0.1, 0.15) is 12.3 Å². The van der Waals surface area contributed by atoms with E-state index < -0.39 is 0 Å². The molecule has 0 radical (unpaired) electrons. The Morgan fingerprint density at radius 1 is 0.927 bits per heavy atom. The van der Waals surface area contributed by atoms with Crippen molar-refractivity contribution in [2.24, 2.45) is 0 Å². The molecule has 3 heterocycles. The van der Waals surface area contributed by atoms with Gasteiger partial charge in [-0.3, -0.25) is 14.5 Å². The van der Waals surface area contributed by atoms with Crippen molar-refractivity contribution < 1.29 is 19.1 Å². The normalized spacial score (nSPS) is 16.0. The van der Waals surface area contributed by atoms with Crippen LogP contribution in [-0.4, -0.2) is 116 Å². The van der Waals surface area contributed by atoms with E-state index in [0.717, 1.165) is 41.5 Å². The van der Waals surface area contributed by atoms with Crippen LogP contribution in [0.5, 0.6) is 5.75 Å². The van der Waals surface area contributed by atoms with Crippen molar-refractivity contribution in [2.75, 3.05) is 84.1 Å². The van der Waals surface area contributed by atoms with Gasteiger partial charge in [0.25, 0.3) is 5.91 Å². The van der Waals surface area contributed by atoms with Crippen molar-refractivity contribution in [3.05, 3.63) is 71.8 Å². The number of anilines is 1. The standard InChI is InChI=1S/C31H38N6O4/c1-24-6-3-4-9-27(24)31(39)37(13-12-34-18-20-41-21-19-34)23-30(38)36-16-14-35(15-17-36)29-11-10-28(32-33-29)25-7-5-8-26(22-25)40-2/h3-11,22H,12-21,23H2,1-2H3. The molecule has 3 aromatic rings. The van der Waals surface area contributed by atoms with Crippen molar-refractivity contribution in [3.8, 4) is 17.0 Å². The molecule has 10 heteroatoms. The molecular formula is C31H38N6O4. The maximum Gasteiger partial charge on any atom is 0.254 e.